The van der Waals surface area contributed by atoms with Crippen molar-refractivity contribution in [3.05, 3.63) is 77.0 Å². The van der Waals surface area contributed by atoms with E-state index in [9.17, 15) is 18.0 Å². The molecular weight excluding hydrogens is 457 g/mol. The molecule has 1 unspecified atom stereocenters. The summed E-state index contributed by atoms with van der Waals surface area (Å²) in [6, 6.07) is 14.6. The first kappa shape index (κ1) is 24.9. The van der Waals surface area contributed by atoms with E-state index in [2.05, 4.69) is 6.07 Å². The van der Waals surface area contributed by atoms with Crippen LogP contribution in [0.1, 0.15) is 54.6 Å². The number of aliphatic carboxylic acids is 1. The molecular formula is C28H29F3O4. The molecule has 35 heavy (non-hydrogen) atoms. The molecule has 0 spiro atoms. The minimum absolute atomic E-state index is 0.330. The molecule has 4 nitrogen and oxygen atoms in total. The zero-order chi connectivity index (χ0) is 24.8. The molecule has 1 aliphatic rings. The van der Waals surface area contributed by atoms with Crippen molar-refractivity contribution in [2.75, 3.05) is 6.61 Å². The number of ether oxygens (including phenoxy) is 1. The van der Waals surface area contributed by atoms with Crippen LogP contribution in [0.3, 0.4) is 0 Å². The number of furan rings is 1. The fraction of sp³-hybridized carbons (Fsp3) is 0.393. The second-order valence-corrected chi connectivity index (χ2v) is 9.14. The van der Waals surface area contributed by atoms with Crippen molar-refractivity contribution in [2.24, 2.45) is 5.92 Å². The van der Waals surface area contributed by atoms with Gasteiger partial charge in [-0.15, -0.1) is 0 Å². The van der Waals surface area contributed by atoms with Gasteiger partial charge in [0.15, 0.2) is 6.61 Å². The number of rotatable bonds is 9. The molecule has 4 rings (SSSR count). The molecule has 0 saturated heterocycles. The first-order valence-electron chi connectivity index (χ1n) is 12.0. The number of carboxylic acid groups (broad SMARTS) is 1. The van der Waals surface area contributed by atoms with Gasteiger partial charge < -0.3 is 14.3 Å². The highest BCUT2D eigenvalue weighted by Crippen LogP contribution is 2.32. The summed E-state index contributed by atoms with van der Waals surface area (Å²) in [5, 5.41) is 8.79. The molecule has 3 aromatic rings. The molecule has 186 valence electrons. The Hall–Kier alpha value is -3.22. The summed E-state index contributed by atoms with van der Waals surface area (Å²) in [6.07, 6.45) is 3.93. The van der Waals surface area contributed by atoms with Crippen LogP contribution >= 0.6 is 0 Å². The fourth-order valence-corrected chi connectivity index (χ4v) is 4.69. The van der Waals surface area contributed by atoms with Gasteiger partial charge in [-0.2, -0.15) is 13.2 Å². The summed E-state index contributed by atoms with van der Waals surface area (Å²) in [4.78, 5) is 10.7. The van der Waals surface area contributed by atoms with Crippen molar-refractivity contribution >= 4 is 5.97 Å². The molecule has 1 atom stereocenters. The number of carbonyl (C=O) groups is 1. The summed E-state index contributed by atoms with van der Waals surface area (Å²) in [7, 11) is 0. The Balaban J connectivity index is 1.22. The zero-order valence-corrected chi connectivity index (χ0v) is 19.4. The van der Waals surface area contributed by atoms with Crippen LogP contribution in [-0.4, -0.2) is 17.7 Å². The molecule has 1 aliphatic carbocycles. The Labute approximate surface area is 202 Å². The van der Waals surface area contributed by atoms with E-state index < -0.39 is 17.7 Å². The van der Waals surface area contributed by atoms with Gasteiger partial charge in [0.05, 0.1) is 5.56 Å². The Bertz CT molecular complexity index is 1130. The molecule has 1 aromatic heterocycles. The third-order valence-corrected chi connectivity index (χ3v) is 6.63. The second-order valence-electron chi connectivity index (χ2n) is 9.14. The average Bonchev–Trinajstić information content (AvgIpc) is 3.21. The Morgan fingerprint density at radius 1 is 0.971 bits per heavy atom. The maximum atomic E-state index is 12.7. The molecule has 0 bridgehead atoms. The summed E-state index contributed by atoms with van der Waals surface area (Å²) in [5.74, 6) is 1.71. The smallest absolute Gasteiger partial charge is 0.416 e. The van der Waals surface area contributed by atoms with Gasteiger partial charge in [-0.1, -0.05) is 31.0 Å². The number of hydrogen-bond acceptors (Lipinski definition) is 3. The minimum Gasteiger partial charge on any atom is -0.482 e. The van der Waals surface area contributed by atoms with Crippen LogP contribution in [0, 0.1) is 5.92 Å². The van der Waals surface area contributed by atoms with Gasteiger partial charge >= 0.3 is 12.1 Å². The first-order chi connectivity index (χ1) is 16.8. The number of unbranched alkanes of at least 4 members (excludes halogenated alkanes) is 1. The van der Waals surface area contributed by atoms with Crippen LogP contribution in [0.2, 0.25) is 0 Å². The molecule has 1 heterocycles. The largest absolute Gasteiger partial charge is 0.482 e. The van der Waals surface area contributed by atoms with E-state index in [1.165, 1.54) is 23.3 Å². The van der Waals surface area contributed by atoms with Gasteiger partial charge in [0.25, 0.3) is 0 Å². The van der Waals surface area contributed by atoms with Gasteiger partial charge in [-0.25, -0.2) is 4.79 Å². The predicted octanol–water partition coefficient (Wildman–Crippen LogP) is 7.34. The SMILES string of the molecule is O=C(O)COc1ccc2c(c1)CCC(CCCCc1ccc(-c3ccc(C(F)(F)F)cc3)o1)CC2. The van der Waals surface area contributed by atoms with E-state index in [-0.39, 0.29) is 6.61 Å². The highest BCUT2D eigenvalue weighted by atomic mass is 19.4. The average molecular weight is 487 g/mol. The summed E-state index contributed by atoms with van der Waals surface area (Å²) >= 11 is 0. The quantitative estimate of drug-likeness (QED) is 0.254. The second kappa shape index (κ2) is 11.0. The number of fused-ring (bicyclic) bond motifs is 1. The molecule has 2 aromatic carbocycles. The van der Waals surface area contributed by atoms with Gasteiger partial charge in [0.2, 0.25) is 0 Å². The number of halogens is 3. The monoisotopic (exact) mass is 486 g/mol. The van der Waals surface area contributed by atoms with E-state index in [1.807, 2.05) is 24.3 Å². The van der Waals surface area contributed by atoms with Gasteiger partial charge in [0, 0.05) is 12.0 Å². The number of carboxylic acids is 1. The molecule has 0 amide bonds. The zero-order valence-electron chi connectivity index (χ0n) is 19.4. The van der Waals surface area contributed by atoms with Crippen molar-refractivity contribution in [3.63, 3.8) is 0 Å². The van der Waals surface area contributed by atoms with Crippen LogP contribution in [0.25, 0.3) is 11.3 Å². The number of hydrogen-bond donors (Lipinski definition) is 1. The van der Waals surface area contributed by atoms with Crippen LogP contribution in [0.4, 0.5) is 13.2 Å². The Morgan fingerprint density at radius 3 is 2.43 bits per heavy atom. The van der Waals surface area contributed by atoms with E-state index >= 15 is 0 Å². The van der Waals surface area contributed by atoms with Crippen molar-refractivity contribution in [2.45, 2.75) is 57.5 Å². The van der Waals surface area contributed by atoms with Crippen LogP contribution in [0.5, 0.6) is 5.75 Å². The summed E-state index contributed by atoms with van der Waals surface area (Å²) in [6.45, 7) is -0.330. The molecule has 7 heteroatoms. The first-order valence-corrected chi connectivity index (χ1v) is 12.0. The highest BCUT2D eigenvalue weighted by molar-refractivity contribution is 5.68. The van der Waals surface area contributed by atoms with E-state index in [4.69, 9.17) is 14.3 Å². The van der Waals surface area contributed by atoms with Crippen molar-refractivity contribution in [3.8, 4) is 17.1 Å². The summed E-state index contributed by atoms with van der Waals surface area (Å²) in [5.41, 5.74) is 2.55. The van der Waals surface area contributed by atoms with E-state index in [1.54, 1.807) is 0 Å². The van der Waals surface area contributed by atoms with Gasteiger partial charge in [-0.05, 0) is 85.5 Å². The lowest BCUT2D eigenvalue weighted by Gasteiger charge is -2.13. The maximum absolute atomic E-state index is 12.7. The normalized spacial score (nSPS) is 15.9. The van der Waals surface area contributed by atoms with E-state index in [0.29, 0.717) is 23.0 Å². The third kappa shape index (κ3) is 6.90. The molecule has 1 N–H and O–H groups in total. The van der Waals surface area contributed by atoms with Crippen molar-refractivity contribution in [1.82, 2.24) is 0 Å². The lowest BCUT2D eigenvalue weighted by molar-refractivity contribution is -0.139. The third-order valence-electron chi connectivity index (χ3n) is 6.63. The lowest BCUT2D eigenvalue weighted by atomic mass is 9.93. The van der Waals surface area contributed by atoms with E-state index in [0.717, 1.165) is 69.3 Å². The molecule has 0 saturated carbocycles. The van der Waals surface area contributed by atoms with Crippen LogP contribution in [0.15, 0.2) is 59.0 Å². The fourth-order valence-electron chi connectivity index (χ4n) is 4.69. The molecule has 0 fully saturated rings. The van der Waals surface area contributed by atoms with Crippen molar-refractivity contribution < 1.29 is 32.2 Å². The van der Waals surface area contributed by atoms with Gasteiger partial charge in [-0.3, -0.25) is 0 Å². The van der Waals surface area contributed by atoms with Crippen LogP contribution < -0.4 is 4.74 Å². The minimum atomic E-state index is -4.34. The number of aryl methyl sites for hydroxylation is 3. The predicted molar refractivity (Wildman–Crippen MR) is 126 cm³/mol. The number of alkyl halides is 3. The maximum Gasteiger partial charge on any atom is 0.416 e. The van der Waals surface area contributed by atoms with Crippen molar-refractivity contribution in [1.29, 1.82) is 0 Å². The standard InChI is InChI=1S/C28H29F3O4/c29-28(30,31)23-12-9-21(10-13-23)26-16-15-24(35-26)4-2-1-3-19-5-7-20-11-14-25(34-18-27(32)33)17-22(20)8-6-19/h9-17,19H,1-8,18H2,(H,32,33). The van der Waals surface area contributed by atoms with Crippen LogP contribution in [-0.2, 0) is 30.2 Å². The Morgan fingerprint density at radius 2 is 1.71 bits per heavy atom. The molecule has 0 aliphatic heterocycles. The highest BCUT2D eigenvalue weighted by Gasteiger charge is 2.30. The Kier molecular flexibility index (Phi) is 7.83. The topological polar surface area (TPSA) is 59.7 Å². The lowest BCUT2D eigenvalue weighted by Crippen LogP contribution is -2.09. The van der Waals surface area contributed by atoms with Gasteiger partial charge in [0.1, 0.15) is 17.3 Å². The number of benzene rings is 2. The summed E-state index contributed by atoms with van der Waals surface area (Å²) < 4.78 is 49.4. The molecule has 0 radical (unpaired) electrons.